The summed E-state index contributed by atoms with van der Waals surface area (Å²) in [6.07, 6.45) is 0. The van der Waals surface area contributed by atoms with E-state index >= 15 is 0 Å². The Morgan fingerprint density at radius 2 is 1.73 bits per heavy atom. The Morgan fingerprint density at radius 3 is 2.13 bits per heavy atom. The molecule has 0 aliphatic heterocycles. The molecule has 15 heavy (non-hydrogen) atoms. The van der Waals surface area contributed by atoms with E-state index in [0.717, 1.165) is 0 Å². The average Bonchev–Trinajstić information content (AvgIpc) is 2.09. The second-order valence-corrected chi connectivity index (χ2v) is 5.74. The first-order chi connectivity index (χ1) is 6.68. The molecule has 0 spiro atoms. The van der Waals surface area contributed by atoms with Crippen LogP contribution < -0.4 is 0 Å². The van der Waals surface area contributed by atoms with Gasteiger partial charge in [0.2, 0.25) is 11.5 Å². The molecule has 0 aromatic carbocycles. The molecule has 0 aromatic rings. The van der Waals surface area contributed by atoms with Crippen LogP contribution in [0.25, 0.3) is 0 Å². The van der Waals surface area contributed by atoms with Crippen LogP contribution in [0.1, 0.15) is 13.8 Å². The Hall–Kier alpha value is -1.01. The summed E-state index contributed by atoms with van der Waals surface area (Å²) in [5, 5.41) is 18.5. The van der Waals surface area contributed by atoms with Gasteiger partial charge in [0.05, 0.1) is 0 Å². The zero-order valence-corrected chi connectivity index (χ0v) is 9.56. The van der Waals surface area contributed by atoms with Gasteiger partial charge in [-0.2, -0.15) is 0 Å². The van der Waals surface area contributed by atoms with Crippen molar-refractivity contribution >= 4 is 25.5 Å². The van der Waals surface area contributed by atoms with Crippen molar-refractivity contribution in [1.29, 1.82) is 0 Å². The summed E-state index contributed by atoms with van der Waals surface area (Å²) in [6, 6.07) is 0. The van der Waals surface area contributed by atoms with Crippen molar-refractivity contribution in [2.45, 2.75) is 13.8 Å². The molecule has 1 atom stereocenters. The summed E-state index contributed by atoms with van der Waals surface area (Å²) in [4.78, 5) is 10.7. The van der Waals surface area contributed by atoms with E-state index in [-0.39, 0.29) is 5.57 Å². The van der Waals surface area contributed by atoms with Crippen LogP contribution in [0.4, 0.5) is 0 Å². The van der Waals surface area contributed by atoms with Crippen molar-refractivity contribution in [3.8, 4) is 0 Å². The first-order valence-electron chi connectivity index (χ1n) is 4.00. The van der Waals surface area contributed by atoms with Crippen LogP contribution in [-0.2, 0) is 13.8 Å². The monoisotopic (exact) mass is 252 g/mol. The van der Waals surface area contributed by atoms with Crippen LogP contribution >= 0.6 is 10.7 Å². The number of halogens is 1. The van der Waals surface area contributed by atoms with E-state index in [1.165, 1.54) is 13.8 Å². The zero-order chi connectivity index (χ0) is 12.0. The number of carbonyl (C=O) groups is 1. The molecule has 0 bridgehead atoms. The Morgan fingerprint density at radius 1 is 1.27 bits per heavy atom. The van der Waals surface area contributed by atoms with E-state index in [1.54, 1.807) is 0 Å². The number of hydrogen-bond donors (Lipinski definition) is 2. The molecule has 1 aliphatic carbocycles. The first-order valence-corrected chi connectivity index (χ1v) is 6.31. The van der Waals surface area contributed by atoms with Crippen molar-refractivity contribution in [2.75, 3.05) is 0 Å². The van der Waals surface area contributed by atoms with E-state index in [0.29, 0.717) is 0 Å². The van der Waals surface area contributed by atoms with Crippen LogP contribution in [0.3, 0.4) is 0 Å². The Kier molecular flexibility index (Phi) is 2.84. The van der Waals surface area contributed by atoms with Gasteiger partial charge in [0.1, 0.15) is 4.91 Å². The average molecular weight is 253 g/mol. The van der Waals surface area contributed by atoms with Gasteiger partial charge in [0.15, 0.2) is 5.76 Å². The van der Waals surface area contributed by atoms with Crippen LogP contribution in [0.2, 0.25) is 0 Å². The van der Waals surface area contributed by atoms with Gasteiger partial charge in [0.25, 0.3) is 9.05 Å². The van der Waals surface area contributed by atoms with Gasteiger partial charge in [0, 0.05) is 16.6 Å². The fourth-order valence-electron chi connectivity index (χ4n) is 1.32. The number of ketones is 1. The number of carbonyl (C=O) groups excluding carboxylic acids is 1. The lowest BCUT2D eigenvalue weighted by Gasteiger charge is -2.20. The molecule has 0 radical (unpaired) electrons. The fourth-order valence-corrected chi connectivity index (χ4v) is 2.79. The minimum absolute atomic E-state index is 0.116. The van der Waals surface area contributed by atoms with Gasteiger partial charge < -0.3 is 10.2 Å². The second kappa shape index (κ2) is 3.53. The van der Waals surface area contributed by atoms with Gasteiger partial charge in [-0.05, 0) is 12.5 Å². The molecule has 0 amide bonds. The molecule has 0 fully saturated rings. The largest absolute Gasteiger partial charge is 0.503 e. The molecule has 84 valence electrons. The van der Waals surface area contributed by atoms with Crippen molar-refractivity contribution in [1.82, 2.24) is 0 Å². The summed E-state index contributed by atoms with van der Waals surface area (Å²) in [6.45, 7) is 2.78. The highest BCUT2D eigenvalue weighted by Crippen LogP contribution is 2.34. The number of aliphatic hydroxyl groups excluding tert-OH is 2. The molecule has 0 saturated heterocycles. The van der Waals surface area contributed by atoms with E-state index in [2.05, 4.69) is 0 Å². The molecule has 2 N–H and O–H groups in total. The molecule has 0 saturated carbocycles. The van der Waals surface area contributed by atoms with Gasteiger partial charge in [-0.25, -0.2) is 8.42 Å². The van der Waals surface area contributed by atoms with Crippen LogP contribution in [-0.4, -0.2) is 24.4 Å². The Labute approximate surface area is 91.1 Å². The number of rotatable bonds is 1. The molecule has 7 heteroatoms. The lowest BCUT2D eigenvalue weighted by atomic mass is 9.91. The van der Waals surface area contributed by atoms with Gasteiger partial charge in [-0.1, -0.05) is 6.92 Å². The fraction of sp³-hybridized carbons (Fsp3) is 0.375. The van der Waals surface area contributed by atoms with Gasteiger partial charge in [-0.3, -0.25) is 4.79 Å². The molecule has 0 aromatic heterocycles. The predicted molar refractivity (Wildman–Crippen MR) is 53.9 cm³/mol. The normalized spacial score (nSPS) is 23.7. The third kappa shape index (κ3) is 1.87. The SMILES string of the molecule is CC1=C(S(=O)(=O)Cl)C(O)=C(O)C(=O)C1C. The van der Waals surface area contributed by atoms with Crippen LogP contribution in [0.15, 0.2) is 22.0 Å². The summed E-state index contributed by atoms with van der Waals surface area (Å²) >= 11 is 0. The van der Waals surface area contributed by atoms with Crippen molar-refractivity contribution < 1.29 is 23.4 Å². The predicted octanol–water partition coefficient (Wildman–Crippen LogP) is 1.38. The topological polar surface area (TPSA) is 91.7 Å². The minimum Gasteiger partial charge on any atom is -0.503 e. The lowest BCUT2D eigenvalue weighted by molar-refractivity contribution is -0.120. The highest BCUT2D eigenvalue weighted by Gasteiger charge is 2.36. The third-order valence-corrected chi connectivity index (χ3v) is 3.78. The Balaban J connectivity index is 3.57. The highest BCUT2D eigenvalue weighted by atomic mass is 35.7. The number of hydrogen-bond acceptors (Lipinski definition) is 5. The molecule has 1 unspecified atom stereocenters. The van der Waals surface area contributed by atoms with Crippen molar-refractivity contribution in [3.05, 3.63) is 22.0 Å². The molecular weight excluding hydrogens is 244 g/mol. The summed E-state index contributed by atoms with van der Waals surface area (Å²) in [5.41, 5.74) is 0.116. The number of allylic oxidation sites excluding steroid dienone is 2. The minimum atomic E-state index is -4.18. The molecular formula is C8H9ClO5S. The molecule has 1 aliphatic rings. The van der Waals surface area contributed by atoms with E-state index in [9.17, 15) is 23.4 Å². The quantitative estimate of drug-likeness (QED) is 0.688. The van der Waals surface area contributed by atoms with E-state index < -0.39 is 37.2 Å². The Bertz CT molecular complexity index is 485. The summed E-state index contributed by atoms with van der Waals surface area (Å²) in [5.74, 6) is -3.49. The highest BCUT2D eigenvalue weighted by molar-refractivity contribution is 8.17. The maximum absolute atomic E-state index is 11.3. The third-order valence-electron chi connectivity index (χ3n) is 2.32. The summed E-state index contributed by atoms with van der Waals surface area (Å²) < 4.78 is 22.2. The smallest absolute Gasteiger partial charge is 0.265 e. The standard InChI is InChI=1S/C8H9ClO5S/c1-3-4(2)8(15(9,13)14)7(12)6(11)5(3)10/h3,11-12H,1-2H3. The number of aliphatic hydroxyl groups is 2. The van der Waals surface area contributed by atoms with Crippen LogP contribution in [0.5, 0.6) is 0 Å². The van der Waals surface area contributed by atoms with E-state index in [1.807, 2.05) is 0 Å². The summed E-state index contributed by atoms with van der Waals surface area (Å²) in [7, 11) is 0.896. The van der Waals surface area contributed by atoms with Crippen molar-refractivity contribution in [2.24, 2.45) is 5.92 Å². The van der Waals surface area contributed by atoms with Crippen molar-refractivity contribution in [3.63, 3.8) is 0 Å². The maximum atomic E-state index is 11.3. The lowest BCUT2D eigenvalue weighted by Crippen LogP contribution is -2.24. The molecule has 0 heterocycles. The number of Topliss-reactive ketones (excluding diaryl/α,β-unsaturated/α-hetero) is 1. The van der Waals surface area contributed by atoms with E-state index in [4.69, 9.17) is 10.7 Å². The molecule has 5 nitrogen and oxygen atoms in total. The first kappa shape index (κ1) is 12.1. The van der Waals surface area contributed by atoms with Gasteiger partial charge in [-0.15, -0.1) is 0 Å². The zero-order valence-electron chi connectivity index (χ0n) is 7.98. The second-order valence-electron chi connectivity index (χ2n) is 3.23. The van der Waals surface area contributed by atoms with Gasteiger partial charge >= 0.3 is 0 Å². The maximum Gasteiger partial charge on any atom is 0.265 e. The van der Waals surface area contributed by atoms with Crippen LogP contribution in [0, 0.1) is 5.92 Å². The molecule has 1 rings (SSSR count).